The zero-order valence-corrected chi connectivity index (χ0v) is 13.5. The van der Waals surface area contributed by atoms with Crippen molar-refractivity contribution >= 4 is 6.03 Å². The molecule has 0 unspecified atom stereocenters. The van der Waals surface area contributed by atoms with Crippen molar-refractivity contribution in [2.75, 3.05) is 6.79 Å². The van der Waals surface area contributed by atoms with Gasteiger partial charge in [-0.25, -0.2) is 18.9 Å². The number of hydrogen-bond acceptors (Lipinski definition) is 5. The van der Waals surface area contributed by atoms with E-state index in [2.05, 4.69) is 20.7 Å². The Morgan fingerprint density at radius 3 is 3.28 bits per heavy atom. The van der Waals surface area contributed by atoms with Crippen LogP contribution >= 0.6 is 0 Å². The van der Waals surface area contributed by atoms with E-state index < -0.39 is 0 Å². The molecule has 2 amide bonds. The molecule has 3 heterocycles. The second-order valence-corrected chi connectivity index (χ2v) is 6.08. The fourth-order valence-corrected chi connectivity index (χ4v) is 3.16. The van der Waals surface area contributed by atoms with Gasteiger partial charge in [-0.05, 0) is 18.6 Å². The van der Waals surface area contributed by atoms with E-state index in [1.165, 1.54) is 18.5 Å². The van der Waals surface area contributed by atoms with Gasteiger partial charge in [0, 0.05) is 24.1 Å². The van der Waals surface area contributed by atoms with Crippen LogP contribution in [0.2, 0.25) is 0 Å². The van der Waals surface area contributed by atoms with Gasteiger partial charge in [0.1, 0.15) is 23.7 Å². The predicted octanol–water partition coefficient (Wildman–Crippen LogP) is 1.10. The first-order valence-corrected chi connectivity index (χ1v) is 8.12. The van der Waals surface area contributed by atoms with Gasteiger partial charge < -0.3 is 20.1 Å². The lowest BCUT2D eigenvalue weighted by Crippen LogP contribution is -2.45. The van der Waals surface area contributed by atoms with Crippen LogP contribution in [0.15, 0.2) is 18.5 Å². The van der Waals surface area contributed by atoms with Crippen molar-refractivity contribution in [1.29, 1.82) is 0 Å². The number of hydrogen-bond donors (Lipinski definition) is 2. The van der Waals surface area contributed by atoms with Crippen LogP contribution in [0, 0.1) is 5.82 Å². The summed E-state index contributed by atoms with van der Waals surface area (Å²) in [5.74, 6) is 1.14. The first-order chi connectivity index (χ1) is 12.2. The Morgan fingerprint density at radius 2 is 2.36 bits per heavy atom. The number of aryl methyl sites for hydroxylation is 1. The van der Waals surface area contributed by atoms with E-state index in [1.807, 2.05) is 0 Å². The van der Waals surface area contributed by atoms with Crippen molar-refractivity contribution < 1.29 is 18.7 Å². The minimum absolute atomic E-state index is 0.0136. The molecule has 1 aromatic heterocycles. The summed E-state index contributed by atoms with van der Waals surface area (Å²) in [5.41, 5.74) is 1.24. The molecule has 2 aliphatic rings. The zero-order chi connectivity index (χ0) is 17.2. The van der Waals surface area contributed by atoms with Crippen molar-refractivity contribution in [3.63, 3.8) is 0 Å². The number of fused-ring (bicyclic) bond motifs is 2. The van der Waals surface area contributed by atoms with Crippen LogP contribution in [-0.2, 0) is 30.9 Å². The molecule has 0 saturated heterocycles. The van der Waals surface area contributed by atoms with E-state index in [-0.39, 0.29) is 31.2 Å². The van der Waals surface area contributed by atoms with Crippen LogP contribution in [0.5, 0.6) is 5.75 Å². The normalized spacial score (nSPS) is 18.7. The standard InChI is InChI=1S/C16H18FN5O3/c17-12-3-10(15-11(4-12)7-24-9-25-15)5-18-16(23)21-13-1-2-14-19-8-20-22(14)6-13/h3-4,8,13H,1-2,5-7,9H2,(H2,18,21,23)/t13-/m1/s1. The first-order valence-electron chi connectivity index (χ1n) is 8.12. The van der Waals surface area contributed by atoms with Crippen LogP contribution in [0.3, 0.4) is 0 Å². The molecule has 2 aromatic rings. The summed E-state index contributed by atoms with van der Waals surface area (Å²) in [7, 11) is 0. The lowest BCUT2D eigenvalue weighted by atomic mass is 10.1. The number of ether oxygens (including phenoxy) is 2. The molecule has 8 nitrogen and oxygen atoms in total. The molecule has 0 saturated carbocycles. The van der Waals surface area contributed by atoms with Crippen LogP contribution < -0.4 is 15.4 Å². The summed E-state index contributed by atoms with van der Waals surface area (Å²) in [5, 5.41) is 9.80. The average Bonchev–Trinajstić information content (AvgIpc) is 3.07. The third-order valence-corrected chi connectivity index (χ3v) is 4.33. The van der Waals surface area contributed by atoms with Gasteiger partial charge in [-0.2, -0.15) is 5.10 Å². The third-order valence-electron chi connectivity index (χ3n) is 4.33. The SMILES string of the molecule is O=C(NCc1cc(F)cc2c1OCOC2)N[C@@H]1CCc2ncnn2C1. The van der Waals surface area contributed by atoms with Gasteiger partial charge in [0.05, 0.1) is 19.2 Å². The maximum Gasteiger partial charge on any atom is 0.315 e. The van der Waals surface area contributed by atoms with Crippen molar-refractivity contribution in [1.82, 2.24) is 25.4 Å². The molecule has 4 rings (SSSR count). The zero-order valence-electron chi connectivity index (χ0n) is 13.5. The highest BCUT2D eigenvalue weighted by Gasteiger charge is 2.22. The fourth-order valence-electron chi connectivity index (χ4n) is 3.16. The molecule has 2 N–H and O–H groups in total. The minimum Gasteiger partial charge on any atom is -0.467 e. The number of amides is 2. The minimum atomic E-state index is -0.379. The fraction of sp³-hybridized carbons (Fsp3) is 0.438. The van der Waals surface area contributed by atoms with Gasteiger partial charge in [-0.1, -0.05) is 0 Å². The molecule has 0 fully saturated rings. The van der Waals surface area contributed by atoms with Crippen molar-refractivity contribution in [2.45, 2.75) is 38.6 Å². The lowest BCUT2D eigenvalue weighted by molar-refractivity contribution is -0.0173. The summed E-state index contributed by atoms with van der Waals surface area (Å²) >= 11 is 0. The third kappa shape index (κ3) is 3.41. The first kappa shape index (κ1) is 15.8. The molecule has 0 bridgehead atoms. The molecule has 0 radical (unpaired) electrons. The van der Waals surface area contributed by atoms with E-state index in [9.17, 15) is 9.18 Å². The molecule has 25 heavy (non-hydrogen) atoms. The number of aromatic nitrogens is 3. The number of halogens is 1. The Hall–Kier alpha value is -2.68. The van der Waals surface area contributed by atoms with Gasteiger partial charge in [0.2, 0.25) is 0 Å². The molecule has 1 atom stereocenters. The van der Waals surface area contributed by atoms with E-state index in [4.69, 9.17) is 9.47 Å². The largest absolute Gasteiger partial charge is 0.467 e. The van der Waals surface area contributed by atoms with Crippen LogP contribution in [0.25, 0.3) is 0 Å². The Balaban J connectivity index is 1.36. The van der Waals surface area contributed by atoms with Crippen LogP contribution in [-0.4, -0.2) is 33.6 Å². The number of rotatable bonds is 3. The number of urea groups is 1. The Bertz CT molecular complexity index is 794. The Morgan fingerprint density at radius 1 is 1.44 bits per heavy atom. The van der Waals surface area contributed by atoms with E-state index in [0.717, 1.165) is 18.7 Å². The lowest BCUT2D eigenvalue weighted by Gasteiger charge is -2.24. The Kier molecular flexibility index (Phi) is 4.22. The monoisotopic (exact) mass is 347 g/mol. The topological polar surface area (TPSA) is 90.3 Å². The Labute approximate surface area is 143 Å². The highest BCUT2D eigenvalue weighted by atomic mass is 19.1. The molecule has 9 heteroatoms. The quantitative estimate of drug-likeness (QED) is 0.868. The summed E-state index contributed by atoms with van der Waals surface area (Å²) in [6.45, 7) is 1.19. The van der Waals surface area contributed by atoms with Gasteiger partial charge in [-0.15, -0.1) is 0 Å². The van der Waals surface area contributed by atoms with Gasteiger partial charge >= 0.3 is 6.03 Å². The predicted molar refractivity (Wildman–Crippen MR) is 84.2 cm³/mol. The highest BCUT2D eigenvalue weighted by Crippen LogP contribution is 2.29. The second kappa shape index (κ2) is 6.67. The molecular formula is C16H18FN5O3. The smallest absolute Gasteiger partial charge is 0.315 e. The summed E-state index contributed by atoms with van der Waals surface area (Å²) in [6, 6.07) is 2.43. The number of carbonyl (C=O) groups excluding carboxylic acids is 1. The van der Waals surface area contributed by atoms with Crippen molar-refractivity contribution in [2.24, 2.45) is 0 Å². The van der Waals surface area contributed by atoms with Gasteiger partial charge in [0.25, 0.3) is 0 Å². The van der Waals surface area contributed by atoms with E-state index >= 15 is 0 Å². The van der Waals surface area contributed by atoms with Crippen molar-refractivity contribution in [3.05, 3.63) is 41.2 Å². The van der Waals surface area contributed by atoms with Crippen molar-refractivity contribution in [3.8, 4) is 5.75 Å². The molecule has 1 aromatic carbocycles. The van der Waals surface area contributed by atoms with E-state index in [0.29, 0.717) is 30.0 Å². The number of benzene rings is 1. The van der Waals surface area contributed by atoms with Crippen LogP contribution in [0.4, 0.5) is 9.18 Å². The summed E-state index contributed by atoms with van der Waals surface area (Å²) in [6.07, 6.45) is 3.10. The molecule has 2 aliphatic heterocycles. The second-order valence-electron chi connectivity index (χ2n) is 6.08. The van der Waals surface area contributed by atoms with E-state index in [1.54, 1.807) is 4.68 Å². The summed E-state index contributed by atoms with van der Waals surface area (Å²) < 4.78 is 26.1. The average molecular weight is 347 g/mol. The summed E-state index contributed by atoms with van der Waals surface area (Å²) in [4.78, 5) is 16.3. The van der Waals surface area contributed by atoms with Gasteiger partial charge in [-0.3, -0.25) is 0 Å². The maximum atomic E-state index is 13.7. The molecule has 0 spiro atoms. The maximum absolute atomic E-state index is 13.7. The molecular weight excluding hydrogens is 329 g/mol. The number of carbonyl (C=O) groups is 1. The highest BCUT2D eigenvalue weighted by molar-refractivity contribution is 5.74. The van der Waals surface area contributed by atoms with Gasteiger partial charge in [0.15, 0.2) is 6.79 Å². The number of nitrogens with one attached hydrogen (secondary N) is 2. The number of nitrogens with zero attached hydrogens (tertiary/aromatic N) is 3. The molecule has 0 aliphatic carbocycles. The van der Waals surface area contributed by atoms with Crippen LogP contribution in [0.1, 0.15) is 23.4 Å². The molecule has 132 valence electrons.